The van der Waals surface area contributed by atoms with Gasteiger partial charge in [0.1, 0.15) is 17.4 Å². The lowest BCUT2D eigenvalue weighted by atomic mass is 9.99. The normalized spacial score (nSPS) is 12.3. The van der Waals surface area contributed by atoms with E-state index in [4.69, 9.17) is 4.42 Å². The number of halogens is 1. The quantitative estimate of drug-likeness (QED) is 0.730. The summed E-state index contributed by atoms with van der Waals surface area (Å²) in [6.45, 7) is 1.79. The minimum absolute atomic E-state index is 0.292. The van der Waals surface area contributed by atoms with Gasteiger partial charge in [-0.3, -0.25) is 4.79 Å². The van der Waals surface area contributed by atoms with Gasteiger partial charge in [0.15, 0.2) is 5.76 Å². The van der Waals surface area contributed by atoms with E-state index in [9.17, 15) is 14.3 Å². The number of hydrogen-bond acceptors (Lipinski definition) is 4. The van der Waals surface area contributed by atoms with E-state index in [2.05, 4.69) is 4.98 Å². The lowest BCUT2D eigenvalue weighted by Gasteiger charge is -2.07. The number of carbonyl (C=O) groups is 1. The summed E-state index contributed by atoms with van der Waals surface area (Å²) in [4.78, 5) is 15.9. The third kappa shape index (κ3) is 3.03. The Labute approximate surface area is 136 Å². The number of thiophene rings is 1. The minimum atomic E-state index is -0.942. The molecule has 0 fully saturated rings. The zero-order valence-electron chi connectivity index (χ0n) is 12.3. The van der Waals surface area contributed by atoms with Crippen LogP contribution in [0.3, 0.4) is 0 Å². The molecule has 1 aromatic carbocycles. The Kier molecular flexibility index (Phi) is 4.25. The highest BCUT2D eigenvalue weighted by molar-refractivity contribution is 7.08. The first-order chi connectivity index (χ1) is 11.1. The summed E-state index contributed by atoms with van der Waals surface area (Å²) in [6, 6.07) is 7.61. The van der Waals surface area contributed by atoms with Gasteiger partial charge in [0.2, 0.25) is 5.89 Å². The van der Waals surface area contributed by atoms with Crippen molar-refractivity contribution in [3.8, 4) is 22.8 Å². The van der Waals surface area contributed by atoms with E-state index in [0.29, 0.717) is 29.3 Å². The number of carboxylic acids is 1. The van der Waals surface area contributed by atoms with Gasteiger partial charge in [-0.2, -0.15) is 11.3 Å². The fourth-order valence-corrected chi connectivity index (χ4v) is 3.01. The third-order valence-corrected chi connectivity index (χ3v) is 4.25. The fourth-order valence-electron chi connectivity index (χ4n) is 2.37. The molecule has 0 saturated heterocycles. The molecule has 1 unspecified atom stereocenters. The molecule has 118 valence electrons. The summed E-state index contributed by atoms with van der Waals surface area (Å²) in [5, 5.41) is 13.2. The van der Waals surface area contributed by atoms with Crippen LogP contribution in [0.25, 0.3) is 22.8 Å². The highest BCUT2D eigenvalue weighted by atomic mass is 32.1. The van der Waals surface area contributed by atoms with Crippen molar-refractivity contribution in [3.63, 3.8) is 0 Å². The summed E-state index contributed by atoms with van der Waals surface area (Å²) in [7, 11) is 0. The van der Waals surface area contributed by atoms with Crippen LogP contribution in [0.2, 0.25) is 0 Å². The Balaban J connectivity index is 2.13. The van der Waals surface area contributed by atoms with E-state index >= 15 is 0 Å². The molecule has 0 aliphatic rings. The Bertz CT molecular complexity index is 809. The van der Waals surface area contributed by atoms with E-state index in [1.54, 1.807) is 19.1 Å². The van der Waals surface area contributed by atoms with E-state index in [0.717, 1.165) is 5.56 Å². The standard InChI is InChI=1S/C17H14FNO3S/c1-2-13(17(20)21)14-15(11-7-8-23-9-11)22-16(19-14)10-3-5-12(18)6-4-10/h3-9,13H,2H2,1H3,(H,20,21). The first kappa shape index (κ1) is 15.4. The molecule has 0 saturated carbocycles. The largest absolute Gasteiger partial charge is 0.481 e. The maximum absolute atomic E-state index is 13.1. The van der Waals surface area contributed by atoms with Gasteiger partial charge in [-0.1, -0.05) is 6.92 Å². The molecule has 1 N–H and O–H groups in total. The van der Waals surface area contributed by atoms with Crippen LogP contribution in [0.15, 0.2) is 45.5 Å². The van der Waals surface area contributed by atoms with E-state index < -0.39 is 11.9 Å². The van der Waals surface area contributed by atoms with Crippen LogP contribution in [-0.4, -0.2) is 16.1 Å². The maximum Gasteiger partial charge on any atom is 0.312 e. The van der Waals surface area contributed by atoms with Crippen molar-refractivity contribution in [2.45, 2.75) is 19.3 Å². The summed E-state index contributed by atoms with van der Waals surface area (Å²) < 4.78 is 18.9. The third-order valence-electron chi connectivity index (χ3n) is 3.56. The van der Waals surface area contributed by atoms with E-state index in [1.807, 2.05) is 16.8 Å². The van der Waals surface area contributed by atoms with Gasteiger partial charge < -0.3 is 9.52 Å². The second kappa shape index (κ2) is 6.34. The molecule has 2 heterocycles. The van der Waals surface area contributed by atoms with Crippen molar-refractivity contribution in [2.24, 2.45) is 0 Å². The molecule has 6 heteroatoms. The van der Waals surface area contributed by atoms with E-state index in [1.165, 1.54) is 23.5 Å². The Hall–Kier alpha value is -2.47. The molecule has 3 rings (SSSR count). The number of oxazole rings is 1. The molecule has 23 heavy (non-hydrogen) atoms. The van der Waals surface area contributed by atoms with Crippen LogP contribution < -0.4 is 0 Å². The molecule has 4 nitrogen and oxygen atoms in total. The molecular weight excluding hydrogens is 317 g/mol. The average Bonchev–Trinajstić information content (AvgIpc) is 3.17. The van der Waals surface area contributed by atoms with Gasteiger partial charge in [0.05, 0.1) is 0 Å². The molecule has 0 radical (unpaired) electrons. The second-order valence-corrected chi connectivity index (χ2v) is 5.83. The summed E-state index contributed by atoms with van der Waals surface area (Å²) in [6.07, 6.45) is 0.405. The smallest absolute Gasteiger partial charge is 0.312 e. The highest BCUT2D eigenvalue weighted by Crippen LogP contribution is 2.36. The SMILES string of the molecule is CCC(C(=O)O)c1nc(-c2ccc(F)cc2)oc1-c1ccsc1. The molecular formula is C17H14FNO3S. The molecule has 3 aromatic rings. The maximum atomic E-state index is 13.1. The number of hydrogen-bond donors (Lipinski definition) is 1. The van der Waals surface area contributed by atoms with Crippen LogP contribution in [0.5, 0.6) is 0 Å². The lowest BCUT2D eigenvalue weighted by molar-refractivity contribution is -0.138. The zero-order chi connectivity index (χ0) is 16.4. The monoisotopic (exact) mass is 331 g/mol. The first-order valence-electron chi connectivity index (χ1n) is 7.12. The number of carboxylic acid groups (broad SMARTS) is 1. The Morgan fingerprint density at radius 3 is 2.61 bits per heavy atom. The van der Waals surface area contributed by atoms with Crippen molar-refractivity contribution in [2.75, 3.05) is 0 Å². The molecule has 0 bridgehead atoms. The summed E-state index contributed by atoms with van der Waals surface area (Å²) in [5.41, 5.74) is 1.80. The molecule has 0 aliphatic carbocycles. The number of aliphatic carboxylic acids is 1. The molecule has 2 aromatic heterocycles. The average molecular weight is 331 g/mol. The number of benzene rings is 1. The highest BCUT2D eigenvalue weighted by Gasteiger charge is 2.28. The lowest BCUT2D eigenvalue weighted by Crippen LogP contribution is -2.11. The van der Waals surface area contributed by atoms with Gasteiger partial charge in [-0.25, -0.2) is 9.37 Å². The Morgan fingerprint density at radius 2 is 2.04 bits per heavy atom. The number of aromatic nitrogens is 1. The van der Waals surface area contributed by atoms with Gasteiger partial charge in [0, 0.05) is 16.5 Å². The molecule has 0 amide bonds. The second-order valence-electron chi connectivity index (χ2n) is 5.05. The van der Waals surface area contributed by atoms with Crippen molar-refractivity contribution in [1.29, 1.82) is 0 Å². The predicted octanol–water partition coefficient (Wildman–Crippen LogP) is 4.79. The van der Waals surface area contributed by atoms with Gasteiger partial charge in [-0.05, 0) is 42.1 Å². The van der Waals surface area contributed by atoms with Crippen molar-refractivity contribution >= 4 is 17.3 Å². The van der Waals surface area contributed by atoms with Crippen molar-refractivity contribution < 1.29 is 18.7 Å². The Morgan fingerprint density at radius 1 is 1.30 bits per heavy atom. The molecule has 0 aliphatic heterocycles. The fraction of sp³-hybridized carbons (Fsp3) is 0.176. The van der Waals surface area contributed by atoms with Gasteiger partial charge in [0.25, 0.3) is 0 Å². The van der Waals surface area contributed by atoms with Crippen LogP contribution in [-0.2, 0) is 4.79 Å². The summed E-state index contributed by atoms with van der Waals surface area (Å²) >= 11 is 1.49. The van der Waals surface area contributed by atoms with Crippen molar-refractivity contribution in [3.05, 3.63) is 52.6 Å². The van der Waals surface area contributed by atoms with Gasteiger partial charge in [-0.15, -0.1) is 0 Å². The van der Waals surface area contributed by atoms with Crippen LogP contribution in [0.4, 0.5) is 4.39 Å². The number of nitrogens with zero attached hydrogens (tertiary/aromatic N) is 1. The summed E-state index contributed by atoms with van der Waals surface area (Å²) in [5.74, 6) is -1.29. The van der Waals surface area contributed by atoms with Gasteiger partial charge >= 0.3 is 5.97 Å². The van der Waals surface area contributed by atoms with Crippen LogP contribution >= 0.6 is 11.3 Å². The minimum Gasteiger partial charge on any atom is -0.481 e. The van der Waals surface area contributed by atoms with Crippen LogP contribution in [0, 0.1) is 5.82 Å². The van der Waals surface area contributed by atoms with Crippen molar-refractivity contribution in [1.82, 2.24) is 4.98 Å². The van der Waals surface area contributed by atoms with E-state index in [-0.39, 0.29) is 5.82 Å². The molecule has 0 spiro atoms. The zero-order valence-corrected chi connectivity index (χ0v) is 13.1. The topological polar surface area (TPSA) is 63.3 Å². The number of rotatable bonds is 5. The molecule has 1 atom stereocenters. The van der Waals surface area contributed by atoms with Crippen LogP contribution in [0.1, 0.15) is 25.0 Å². The predicted molar refractivity (Wildman–Crippen MR) is 85.9 cm³/mol. The first-order valence-corrected chi connectivity index (χ1v) is 8.06.